The van der Waals surface area contributed by atoms with Crippen molar-refractivity contribution in [2.24, 2.45) is 0 Å². The van der Waals surface area contributed by atoms with Gasteiger partial charge in [0, 0.05) is 16.9 Å². The highest BCUT2D eigenvalue weighted by atomic mass is 16.5. The summed E-state index contributed by atoms with van der Waals surface area (Å²) < 4.78 is 6.03. The number of hydrogen-bond acceptors (Lipinski definition) is 3. The van der Waals surface area contributed by atoms with Crippen LogP contribution in [0.5, 0.6) is 5.75 Å². The second kappa shape index (κ2) is 10.8. The Labute approximate surface area is 208 Å². The van der Waals surface area contributed by atoms with Crippen LogP contribution in [0, 0.1) is 6.92 Å². The van der Waals surface area contributed by atoms with E-state index in [4.69, 9.17) is 4.74 Å². The minimum atomic E-state index is -0.686. The Hall–Kier alpha value is -3.60. The summed E-state index contributed by atoms with van der Waals surface area (Å²) in [6.07, 6.45) is -0.686. The van der Waals surface area contributed by atoms with E-state index in [9.17, 15) is 9.59 Å². The number of ether oxygens (including phenoxy) is 1. The number of benzene rings is 3. The SMILES string of the molecule is Cc1ccc(C(C)C)c(O[C@@H](C)C(=O)Nc2cccc(NC(=O)c3ccc(C(C)(C)C)cc3)c2)c1. The maximum atomic E-state index is 12.8. The van der Waals surface area contributed by atoms with Gasteiger partial charge in [-0.25, -0.2) is 0 Å². The Balaban J connectivity index is 1.65. The van der Waals surface area contributed by atoms with Crippen molar-refractivity contribution in [2.75, 3.05) is 10.6 Å². The smallest absolute Gasteiger partial charge is 0.265 e. The number of hydrogen-bond donors (Lipinski definition) is 2. The van der Waals surface area contributed by atoms with E-state index in [0.717, 1.165) is 16.9 Å². The first-order chi connectivity index (χ1) is 16.4. The molecule has 0 aromatic heterocycles. The lowest BCUT2D eigenvalue weighted by atomic mass is 9.87. The topological polar surface area (TPSA) is 67.4 Å². The molecular formula is C30H36N2O3. The quantitative estimate of drug-likeness (QED) is 0.386. The number of carbonyl (C=O) groups is 2. The van der Waals surface area contributed by atoms with Gasteiger partial charge in [-0.05, 0) is 78.3 Å². The molecule has 0 saturated carbocycles. The number of amides is 2. The van der Waals surface area contributed by atoms with Crippen LogP contribution in [0.4, 0.5) is 11.4 Å². The Morgan fingerprint density at radius 3 is 2.06 bits per heavy atom. The molecule has 0 aliphatic rings. The van der Waals surface area contributed by atoms with E-state index >= 15 is 0 Å². The van der Waals surface area contributed by atoms with Crippen LogP contribution in [0.1, 0.15) is 74.5 Å². The van der Waals surface area contributed by atoms with Crippen molar-refractivity contribution in [3.63, 3.8) is 0 Å². The molecule has 0 bridgehead atoms. The summed E-state index contributed by atoms with van der Waals surface area (Å²) in [4.78, 5) is 25.5. The summed E-state index contributed by atoms with van der Waals surface area (Å²) in [5.74, 6) is 0.542. The van der Waals surface area contributed by atoms with E-state index in [1.54, 1.807) is 31.2 Å². The predicted octanol–water partition coefficient (Wildman–Crippen LogP) is 7.07. The zero-order valence-electron chi connectivity index (χ0n) is 21.7. The van der Waals surface area contributed by atoms with Gasteiger partial charge in [-0.2, -0.15) is 0 Å². The Bertz CT molecular complexity index is 1190. The molecule has 3 rings (SSSR count). The predicted molar refractivity (Wildman–Crippen MR) is 144 cm³/mol. The fraction of sp³-hybridized carbons (Fsp3) is 0.333. The molecule has 3 aromatic carbocycles. The Kier molecular flexibility index (Phi) is 8.00. The molecule has 0 heterocycles. The zero-order chi connectivity index (χ0) is 25.8. The summed E-state index contributed by atoms with van der Waals surface area (Å²) in [5.41, 5.74) is 5.10. The molecule has 3 aromatic rings. The summed E-state index contributed by atoms with van der Waals surface area (Å²) in [5, 5.41) is 5.79. The molecule has 0 unspecified atom stereocenters. The monoisotopic (exact) mass is 472 g/mol. The molecule has 5 nitrogen and oxygen atoms in total. The van der Waals surface area contributed by atoms with E-state index in [-0.39, 0.29) is 23.1 Å². The highest BCUT2D eigenvalue weighted by Crippen LogP contribution is 2.28. The molecule has 2 N–H and O–H groups in total. The maximum absolute atomic E-state index is 12.8. The van der Waals surface area contributed by atoms with E-state index < -0.39 is 6.10 Å². The first-order valence-corrected chi connectivity index (χ1v) is 12.0. The van der Waals surface area contributed by atoms with Crippen LogP contribution in [0.25, 0.3) is 0 Å². The third-order valence-electron chi connectivity index (χ3n) is 5.87. The molecule has 0 radical (unpaired) electrons. The van der Waals surface area contributed by atoms with Crippen molar-refractivity contribution in [1.29, 1.82) is 0 Å². The van der Waals surface area contributed by atoms with Gasteiger partial charge in [0.1, 0.15) is 5.75 Å². The normalized spacial score (nSPS) is 12.2. The van der Waals surface area contributed by atoms with Gasteiger partial charge in [-0.1, -0.05) is 65.0 Å². The van der Waals surface area contributed by atoms with E-state index in [1.165, 1.54) is 5.56 Å². The highest BCUT2D eigenvalue weighted by Gasteiger charge is 2.18. The van der Waals surface area contributed by atoms with Gasteiger partial charge in [-0.15, -0.1) is 0 Å². The van der Waals surface area contributed by atoms with Crippen molar-refractivity contribution in [3.05, 3.63) is 89.0 Å². The lowest BCUT2D eigenvalue weighted by molar-refractivity contribution is -0.122. The molecule has 0 saturated heterocycles. The average Bonchev–Trinajstić information content (AvgIpc) is 2.78. The molecule has 0 fully saturated rings. The van der Waals surface area contributed by atoms with Crippen LogP contribution in [0.3, 0.4) is 0 Å². The number of nitrogens with one attached hydrogen (secondary N) is 2. The zero-order valence-corrected chi connectivity index (χ0v) is 21.7. The van der Waals surface area contributed by atoms with Crippen LogP contribution in [0.15, 0.2) is 66.7 Å². The van der Waals surface area contributed by atoms with Gasteiger partial charge < -0.3 is 15.4 Å². The number of aryl methyl sites for hydroxylation is 1. The Morgan fingerprint density at radius 1 is 0.829 bits per heavy atom. The molecule has 184 valence electrons. The van der Waals surface area contributed by atoms with Crippen LogP contribution < -0.4 is 15.4 Å². The molecule has 2 amide bonds. The fourth-order valence-electron chi connectivity index (χ4n) is 3.71. The molecule has 0 aliphatic heterocycles. The summed E-state index contributed by atoms with van der Waals surface area (Å²) in [6, 6.07) is 20.8. The van der Waals surface area contributed by atoms with Crippen molar-refractivity contribution in [1.82, 2.24) is 0 Å². The molecule has 0 aliphatic carbocycles. The van der Waals surface area contributed by atoms with Crippen molar-refractivity contribution in [2.45, 2.75) is 65.9 Å². The maximum Gasteiger partial charge on any atom is 0.265 e. The molecule has 35 heavy (non-hydrogen) atoms. The number of rotatable bonds is 7. The first kappa shape index (κ1) is 26.0. The number of carbonyl (C=O) groups excluding carboxylic acids is 2. The third kappa shape index (κ3) is 6.95. The largest absolute Gasteiger partial charge is 0.481 e. The summed E-state index contributed by atoms with van der Waals surface area (Å²) >= 11 is 0. The van der Waals surface area contributed by atoms with Crippen molar-refractivity contribution in [3.8, 4) is 5.75 Å². The summed E-state index contributed by atoms with van der Waals surface area (Å²) in [6.45, 7) is 14.3. The van der Waals surface area contributed by atoms with E-state index in [0.29, 0.717) is 16.9 Å². The van der Waals surface area contributed by atoms with Gasteiger partial charge in [-0.3, -0.25) is 9.59 Å². The second-order valence-electron chi connectivity index (χ2n) is 10.3. The standard InChI is InChI=1S/C30H36N2O3/c1-19(2)26-16-11-20(3)17-27(26)35-21(4)28(33)31-24-9-8-10-25(18-24)32-29(34)22-12-14-23(15-13-22)30(5,6)7/h8-19,21H,1-7H3,(H,31,33)(H,32,34)/t21-/m0/s1. The minimum Gasteiger partial charge on any atom is -0.481 e. The third-order valence-corrected chi connectivity index (χ3v) is 5.87. The van der Waals surface area contributed by atoms with Gasteiger partial charge in [0.15, 0.2) is 6.10 Å². The second-order valence-corrected chi connectivity index (χ2v) is 10.3. The lowest BCUT2D eigenvalue weighted by Crippen LogP contribution is -2.30. The molecular weight excluding hydrogens is 436 g/mol. The molecule has 0 spiro atoms. The molecule has 1 atom stereocenters. The van der Waals surface area contributed by atoms with Gasteiger partial charge >= 0.3 is 0 Å². The van der Waals surface area contributed by atoms with Crippen LogP contribution >= 0.6 is 0 Å². The average molecular weight is 473 g/mol. The van der Waals surface area contributed by atoms with E-state index in [1.807, 2.05) is 49.4 Å². The Morgan fingerprint density at radius 2 is 1.46 bits per heavy atom. The summed E-state index contributed by atoms with van der Waals surface area (Å²) in [7, 11) is 0. The van der Waals surface area contributed by atoms with Gasteiger partial charge in [0.25, 0.3) is 11.8 Å². The molecule has 5 heteroatoms. The minimum absolute atomic E-state index is 0.0259. The van der Waals surface area contributed by atoms with Crippen molar-refractivity contribution >= 4 is 23.2 Å². The van der Waals surface area contributed by atoms with Gasteiger partial charge in [0.05, 0.1) is 0 Å². The van der Waals surface area contributed by atoms with Gasteiger partial charge in [0.2, 0.25) is 0 Å². The number of anilines is 2. The van der Waals surface area contributed by atoms with Crippen LogP contribution in [0.2, 0.25) is 0 Å². The first-order valence-electron chi connectivity index (χ1n) is 12.0. The van der Waals surface area contributed by atoms with Crippen molar-refractivity contribution < 1.29 is 14.3 Å². The fourth-order valence-corrected chi connectivity index (χ4v) is 3.71. The van der Waals surface area contributed by atoms with E-state index in [2.05, 4.69) is 45.3 Å². The van der Waals surface area contributed by atoms with Crippen LogP contribution in [-0.2, 0) is 10.2 Å². The lowest BCUT2D eigenvalue weighted by Gasteiger charge is -2.19. The van der Waals surface area contributed by atoms with Crippen LogP contribution in [-0.4, -0.2) is 17.9 Å². The highest BCUT2D eigenvalue weighted by molar-refractivity contribution is 6.04.